The van der Waals surface area contributed by atoms with Crippen molar-refractivity contribution in [2.24, 2.45) is 5.92 Å². The van der Waals surface area contributed by atoms with Crippen molar-refractivity contribution in [3.63, 3.8) is 0 Å². The van der Waals surface area contributed by atoms with Crippen molar-refractivity contribution in [2.75, 3.05) is 12.3 Å². The topological polar surface area (TPSA) is 46.3 Å². The van der Waals surface area contributed by atoms with Crippen LogP contribution in [0.4, 0.5) is 5.69 Å². The lowest BCUT2D eigenvalue weighted by atomic mass is 9.86. The van der Waals surface area contributed by atoms with Crippen molar-refractivity contribution >= 4 is 11.6 Å². The van der Waals surface area contributed by atoms with Crippen molar-refractivity contribution in [3.05, 3.63) is 29.8 Å². The number of hydrogen-bond acceptors (Lipinski definition) is 2. The lowest BCUT2D eigenvalue weighted by molar-refractivity contribution is -0.133. The molecule has 0 bridgehead atoms. The fourth-order valence-corrected chi connectivity index (χ4v) is 3.21. The number of hydrogen-bond donors (Lipinski definition) is 1. The maximum atomic E-state index is 12.6. The quantitative estimate of drug-likeness (QED) is 0.805. The van der Waals surface area contributed by atoms with E-state index in [1.165, 1.54) is 32.1 Å². The SMILES string of the molecule is CCCN(Cc1ccccc1N)C(=O)CC1CCCCC1. The third-order valence-corrected chi connectivity index (χ3v) is 4.45. The minimum atomic E-state index is 0.298. The second kappa shape index (κ2) is 8.06. The zero-order valence-corrected chi connectivity index (χ0v) is 13.2. The highest BCUT2D eigenvalue weighted by molar-refractivity contribution is 5.76. The molecule has 0 radical (unpaired) electrons. The molecular weight excluding hydrogens is 260 g/mol. The number of nitrogens with zero attached hydrogens (tertiary/aromatic N) is 1. The summed E-state index contributed by atoms with van der Waals surface area (Å²) in [7, 11) is 0. The van der Waals surface area contributed by atoms with Crippen LogP contribution in [0.15, 0.2) is 24.3 Å². The van der Waals surface area contributed by atoms with Gasteiger partial charge in [0, 0.05) is 25.2 Å². The first-order valence-corrected chi connectivity index (χ1v) is 8.32. The molecule has 1 saturated carbocycles. The van der Waals surface area contributed by atoms with E-state index >= 15 is 0 Å². The first-order chi connectivity index (χ1) is 10.2. The number of benzene rings is 1. The molecule has 0 heterocycles. The van der Waals surface area contributed by atoms with Crippen LogP contribution in [0.1, 0.15) is 57.4 Å². The molecule has 3 nitrogen and oxygen atoms in total. The highest BCUT2D eigenvalue weighted by Gasteiger charge is 2.21. The van der Waals surface area contributed by atoms with Gasteiger partial charge >= 0.3 is 0 Å². The van der Waals surface area contributed by atoms with Crippen molar-refractivity contribution in [1.29, 1.82) is 0 Å². The minimum Gasteiger partial charge on any atom is -0.398 e. The van der Waals surface area contributed by atoms with E-state index in [-0.39, 0.29) is 0 Å². The minimum absolute atomic E-state index is 0.298. The van der Waals surface area contributed by atoms with Crippen LogP contribution in [0.5, 0.6) is 0 Å². The molecule has 0 unspecified atom stereocenters. The summed E-state index contributed by atoms with van der Waals surface area (Å²) >= 11 is 0. The van der Waals surface area contributed by atoms with Crippen LogP contribution in [-0.4, -0.2) is 17.4 Å². The Morgan fingerprint density at radius 2 is 1.95 bits per heavy atom. The molecule has 2 N–H and O–H groups in total. The molecule has 0 saturated heterocycles. The molecule has 116 valence electrons. The largest absolute Gasteiger partial charge is 0.398 e. The van der Waals surface area contributed by atoms with Gasteiger partial charge < -0.3 is 10.6 Å². The highest BCUT2D eigenvalue weighted by atomic mass is 16.2. The monoisotopic (exact) mass is 288 g/mol. The second-order valence-corrected chi connectivity index (χ2v) is 6.22. The molecule has 1 aromatic rings. The molecule has 3 heteroatoms. The zero-order valence-electron chi connectivity index (χ0n) is 13.2. The van der Waals surface area contributed by atoms with Gasteiger partial charge in [-0.25, -0.2) is 0 Å². The third-order valence-electron chi connectivity index (χ3n) is 4.45. The number of nitrogen functional groups attached to an aromatic ring is 1. The molecule has 1 aliphatic rings. The Morgan fingerprint density at radius 3 is 2.62 bits per heavy atom. The molecule has 2 rings (SSSR count). The van der Waals surface area contributed by atoms with Crippen molar-refractivity contribution in [2.45, 2.75) is 58.4 Å². The normalized spacial score (nSPS) is 15.9. The third kappa shape index (κ3) is 4.76. The molecule has 1 fully saturated rings. The predicted octanol–water partition coefficient (Wildman–Crippen LogP) is 3.98. The van der Waals surface area contributed by atoms with Crippen molar-refractivity contribution < 1.29 is 4.79 Å². The van der Waals surface area contributed by atoms with Crippen molar-refractivity contribution in [3.8, 4) is 0 Å². The van der Waals surface area contributed by atoms with E-state index in [1.807, 2.05) is 29.2 Å². The summed E-state index contributed by atoms with van der Waals surface area (Å²) in [5.41, 5.74) is 7.85. The van der Waals surface area contributed by atoms with Gasteiger partial charge in [0.25, 0.3) is 0 Å². The van der Waals surface area contributed by atoms with Gasteiger partial charge in [-0.2, -0.15) is 0 Å². The Labute approximate surface area is 128 Å². The average molecular weight is 288 g/mol. The van der Waals surface area contributed by atoms with Gasteiger partial charge in [0.1, 0.15) is 0 Å². The van der Waals surface area contributed by atoms with Crippen LogP contribution in [0, 0.1) is 5.92 Å². The Balaban J connectivity index is 1.97. The molecule has 21 heavy (non-hydrogen) atoms. The summed E-state index contributed by atoms with van der Waals surface area (Å²) < 4.78 is 0. The number of carbonyl (C=O) groups excluding carboxylic acids is 1. The standard InChI is InChI=1S/C18H28N2O/c1-2-12-20(14-16-10-6-7-11-17(16)19)18(21)13-15-8-4-3-5-9-15/h6-7,10-11,15H,2-5,8-9,12-14,19H2,1H3. The fourth-order valence-electron chi connectivity index (χ4n) is 3.21. The number of amides is 1. The summed E-state index contributed by atoms with van der Waals surface area (Å²) in [6.07, 6.45) is 8.06. The van der Waals surface area contributed by atoms with Gasteiger partial charge in [-0.15, -0.1) is 0 Å². The highest BCUT2D eigenvalue weighted by Crippen LogP contribution is 2.27. The Hall–Kier alpha value is -1.51. The first-order valence-electron chi connectivity index (χ1n) is 8.32. The summed E-state index contributed by atoms with van der Waals surface area (Å²) in [5.74, 6) is 0.894. The van der Waals surface area contributed by atoms with E-state index in [9.17, 15) is 4.79 Å². The van der Waals surface area contributed by atoms with Crippen LogP contribution in [0.3, 0.4) is 0 Å². The van der Waals surface area contributed by atoms with Crippen LogP contribution in [0.25, 0.3) is 0 Å². The molecule has 1 amide bonds. The van der Waals surface area contributed by atoms with Gasteiger partial charge in [0.15, 0.2) is 0 Å². The number of rotatable bonds is 6. The maximum Gasteiger partial charge on any atom is 0.223 e. The summed E-state index contributed by atoms with van der Waals surface area (Å²) in [6, 6.07) is 7.85. The van der Waals surface area contributed by atoms with Gasteiger partial charge in [-0.3, -0.25) is 4.79 Å². The van der Waals surface area contributed by atoms with Crippen LogP contribution in [-0.2, 0) is 11.3 Å². The average Bonchev–Trinajstić information content (AvgIpc) is 2.50. The Kier molecular flexibility index (Phi) is 6.09. The molecule has 1 aliphatic carbocycles. The van der Waals surface area contributed by atoms with E-state index in [2.05, 4.69) is 6.92 Å². The first kappa shape index (κ1) is 15.9. The predicted molar refractivity (Wildman–Crippen MR) is 87.8 cm³/mol. The van der Waals surface area contributed by atoms with E-state index in [0.717, 1.165) is 24.2 Å². The van der Waals surface area contributed by atoms with Crippen molar-refractivity contribution in [1.82, 2.24) is 4.90 Å². The number of nitrogens with two attached hydrogens (primary N) is 1. The zero-order chi connectivity index (χ0) is 15.1. The molecular formula is C18H28N2O. The summed E-state index contributed by atoms with van der Waals surface area (Å²) in [4.78, 5) is 14.6. The van der Waals surface area contributed by atoms with Crippen LogP contribution >= 0.6 is 0 Å². The lowest BCUT2D eigenvalue weighted by Crippen LogP contribution is -2.33. The van der Waals surface area contributed by atoms with E-state index in [4.69, 9.17) is 5.73 Å². The lowest BCUT2D eigenvalue weighted by Gasteiger charge is -2.27. The van der Waals surface area contributed by atoms with Gasteiger partial charge in [0.05, 0.1) is 0 Å². The molecule has 0 aromatic heterocycles. The molecule has 0 aliphatic heterocycles. The van der Waals surface area contributed by atoms with E-state index in [0.29, 0.717) is 24.8 Å². The Morgan fingerprint density at radius 1 is 1.24 bits per heavy atom. The molecule has 0 spiro atoms. The van der Waals surface area contributed by atoms with Gasteiger partial charge in [-0.1, -0.05) is 44.4 Å². The second-order valence-electron chi connectivity index (χ2n) is 6.22. The van der Waals surface area contributed by atoms with Gasteiger partial charge in [-0.05, 0) is 36.8 Å². The van der Waals surface area contributed by atoms with Gasteiger partial charge in [0.2, 0.25) is 5.91 Å². The Bertz CT molecular complexity index is 452. The molecule has 1 aromatic carbocycles. The molecule has 0 atom stereocenters. The fraction of sp³-hybridized carbons (Fsp3) is 0.611. The number of para-hydroxylation sites is 1. The maximum absolute atomic E-state index is 12.6. The van der Waals surface area contributed by atoms with E-state index in [1.54, 1.807) is 0 Å². The number of anilines is 1. The summed E-state index contributed by atoms with van der Waals surface area (Å²) in [6.45, 7) is 3.58. The smallest absolute Gasteiger partial charge is 0.223 e. The number of carbonyl (C=O) groups is 1. The van der Waals surface area contributed by atoms with Crippen LogP contribution in [0.2, 0.25) is 0 Å². The summed E-state index contributed by atoms with van der Waals surface area (Å²) in [5, 5.41) is 0. The van der Waals surface area contributed by atoms with Crippen LogP contribution < -0.4 is 5.73 Å². The van der Waals surface area contributed by atoms with E-state index < -0.39 is 0 Å².